The van der Waals surface area contributed by atoms with Gasteiger partial charge in [-0.05, 0) is 59.2 Å². The van der Waals surface area contributed by atoms with Crippen molar-refractivity contribution in [3.8, 4) is 11.3 Å². The van der Waals surface area contributed by atoms with Gasteiger partial charge in [0.2, 0.25) is 0 Å². The number of aromatic nitrogens is 1. The fraction of sp³-hybridized carbons (Fsp3) is 0.0476. The molecule has 3 heteroatoms. The summed E-state index contributed by atoms with van der Waals surface area (Å²) in [5.74, 6) is -0.228. The quantitative estimate of drug-likeness (QED) is 0.457. The molecular weight excluding hydrogens is 321 g/mol. The number of rotatable bonds is 3. The Morgan fingerprint density at radius 1 is 0.833 bits per heavy atom. The number of para-hydroxylation sites is 1. The fourth-order valence-electron chi connectivity index (χ4n) is 3.05. The van der Waals surface area contributed by atoms with Gasteiger partial charge in [-0.1, -0.05) is 41.9 Å². The summed E-state index contributed by atoms with van der Waals surface area (Å²) >= 11 is 5.99. The van der Waals surface area contributed by atoms with E-state index in [1.54, 1.807) is 0 Å². The van der Waals surface area contributed by atoms with Crippen LogP contribution in [0.3, 0.4) is 0 Å². The fourth-order valence-corrected chi connectivity index (χ4v) is 3.18. The lowest BCUT2D eigenvalue weighted by Gasteiger charge is -2.06. The number of benzene rings is 3. The first-order valence-corrected chi connectivity index (χ1v) is 8.18. The van der Waals surface area contributed by atoms with Crippen molar-refractivity contribution < 1.29 is 4.39 Å². The van der Waals surface area contributed by atoms with Crippen molar-refractivity contribution in [3.05, 3.63) is 94.8 Å². The molecule has 118 valence electrons. The van der Waals surface area contributed by atoms with E-state index in [9.17, 15) is 4.39 Å². The summed E-state index contributed by atoms with van der Waals surface area (Å²) in [4.78, 5) is 3.48. The van der Waals surface area contributed by atoms with E-state index in [0.29, 0.717) is 0 Å². The first-order chi connectivity index (χ1) is 11.7. The third-order valence-corrected chi connectivity index (χ3v) is 4.49. The topological polar surface area (TPSA) is 15.8 Å². The molecule has 0 saturated heterocycles. The normalized spacial score (nSPS) is 11.1. The number of halogens is 2. The second-order valence-electron chi connectivity index (χ2n) is 5.83. The molecule has 0 bridgehead atoms. The predicted molar refractivity (Wildman–Crippen MR) is 98.0 cm³/mol. The maximum absolute atomic E-state index is 13.3. The van der Waals surface area contributed by atoms with Gasteiger partial charge in [0.15, 0.2) is 0 Å². The van der Waals surface area contributed by atoms with Crippen LogP contribution in [0, 0.1) is 5.82 Å². The van der Waals surface area contributed by atoms with E-state index >= 15 is 0 Å². The maximum Gasteiger partial charge on any atom is 0.123 e. The Labute approximate surface area is 144 Å². The minimum Gasteiger partial charge on any atom is -0.354 e. The summed E-state index contributed by atoms with van der Waals surface area (Å²) in [6.07, 6.45) is 0.786. The van der Waals surface area contributed by atoms with Crippen LogP contribution in [0.1, 0.15) is 11.1 Å². The maximum atomic E-state index is 13.3. The molecule has 0 amide bonds. The summed E-state index contributed by atoms with van der Waals surface area (Å²) in [6, 6.07) is 22.7. The van der Waals surface area contributed by atoms with Crippen LogP contribution in [0.15, 0.2) is 72.8 Å². The van der Waals surface area contributed by atoms with Crippen molar-refractivity contribution in [1.82, 2.24) is 4.98 Å². The van der Waals surface area contributed by atoms with E-state index in [1.165, 1.54) is 28.6 Å². The van der Waals surface area contributed by atoms with Crippen LogP contribution in [0.4, 0.5) is 4.39 Å². The first kappa shape index (κ1) is 15.0. The molecule has 0 aliphatic rings. The summed E-state index contributed by atoms with van der Waals surface area (Å²) in [6.45, 7) is 0. The molecule has 4 aromatic rings. The second kappa shape index (κ2) is 6.14. The van der Waals surface area contributed by atoms with Crippen molar-refractivity contribution in [2.45, 2.75) is 6.42 Å². The lowest BCUT2D eigenvalue weighted by Crippen LogP contribution is -1.91. The number of aromatic amines is 1. The standard InChI is InChI=1S/C21H15ClFN/c22-16-9-5-14(6-10-16)13-19-18-3-1-2-4-20(18)24-21(19)15-7-11-17(23)12-8-15/h1-12,24H,13H2. The molecule has 0 atom stereocenters. The van der Waals surface area contributed by atoms with E-state index in [-0.39, 0.29) is 5.82 Å². The Bertz CT molecular complexity index is 985. The highest BCUT2D eigenvalue weighted by atomic mass is 35.5. The molecule has 0 aliphatic carbocycles. The molecular formula is C21H15ClFN. The Balaban J connectivity index is 1.86. The highest BCUT2D eigenvalue weighted by Gasteiger charge is 2.13. The van der Waals surface area contributed by atoms with Gasteiger partial charge < -0.3 is 4.98 Å². The molecule has 4 rings (SSSR count). The van der Waals surface area contributed by atoms with Gasteiger partial charge in [0.25, 0.3) is 0 Å². The SMILES string of the molecule is Fc1ccc(-c2[nH]c3ccccc3c2Cc2ccc(Cl)cc2)cc1. The van der Waals surface area contributed by atoms with E-state index in [4.69, 9.17) is 11.6 Å². The zero-order valence-corrected chi connectivity index (χ0v) is 13.6. The zero-order valence-electron chi connectivity index (χ0n) is 12.9. The van der Waals surface area contributed by atoms with Crippen LogP contribution >= 0.6 is 11.6 Å². The van der Waals surface area contributed by atoms with Crippen molar-refractivity contribution >= 4 is 22.5 Å². The minimum absolute atomic E-state index is 0.228. The molecule has 1 nitrogen and oxygen atoms in total. The third-order valence-electron chi connectivity index (χ3n) is 4.24. The van der Waals surface area contributed by atoms with Crippen molar-refractivity contribution in [1.29, 1.82) is 0 Å². The van der Waals surface area contributed by atoms with E-state index in [2.05, 4.69) is 17.1 Å². The van der Waals surface area contributed by atoms with Gasteiger partial charge >= 0.3 is 0 Å². The molecule has 1 heterocycles. The Morgan fingerprint density at radius 2 is 1.54 bits per heavy atom. The Morgan fingerprint density at radius 3 is 2.29 bits per heavy atom. The van der Waals surface area contributed by atoms with Crippen molar-refractivity contribution in [2.75, 3.05) is 0 Å². The molecule has 1 aromatic heterocycles. The van der Waals surface area contributed by atoms with Crippen LogP contribution in [-0.4, -0.2) is 4.98 Å². The van der Waals surface area contributed by atoms with Crippen LogP contribution in [0.25, 0.3) is 22.2 Å². The molecule has 0 spiro atoms. The second-order valence-corrected chi connectivity index (χ2v) is 6.27. The largest absolute Gasteiger partial charge is 0.354 e. The summed E-state index contributed by atoms with van der Waals surface area (Å²) in [7, 11) is 0. The van der Waals surface area contributed by atoms with Crippen molar-refractivity contribution in [2.24, 2.45) is 0 Å². The molecule has 1 N–H and O–H groups in total. The summed E-state index contributed by atoms with van der Waals surface area (Å²) in [5.41, 5.74) is 5.50. The van der Waals surface area contributed by atoms with Crippen LogP contribution < -0.4 is 0 Å². The molecule has 0 unspecified atom stereocenters. The highest BCUT2D eigenvalue weighted by molar-refractivity contribution is 6.30. The number of nitrogens with one attached hydrogen (secondary N) is 1. The van der Waals surface area contributed by atoms with Crippen LogP contribution in [0.5, 0.6) is 0 Å². The van der Waals surface area contributed by atoms with Gasteiger partial charge in [-0.2, -0.15) is 0 Å². The van der Waals surface area contributed by atoms with Gasteiger partial charge in [-0.15, -0.1) is 0 Å². The average Bonchev–Trinajstić information content (AvgIpc) is 2.96. The predicted octanol–water partition coefficient (Wildman–Crippen LogP) is 6.22. The Hall–Kier alpha value is -2.58. The van der Waals surface area contributed by atoms with E-state index < -0.39 is 0 Å². The lowest BCUT2D eigenvalue weighted by atomic mass is 9.98. The molecule has 0 radical (unpaired) electrons. The number of hydrogen-bond acceptors (Lipinski definition) is 0. The van der Waals surface area contributed by atoms with Gasteiger partial charge in [0, 0.05) is 22.3 Å². The summed E-state index contributed by atoms with van der Waals surface area (Å²) in [5, 5.41) is 1.92. The van der Waals surface area contributed by atoms with E-state index in [0.717, 1.165) is 28.2 Å². The lowest BCUT2D eigenvalue weighted by molar-refractivity contribution is 0.628. The van der Waals surface area contributed by atoms with Gasteiger partial charge in [0.05, 0.1) is 5.69 Å². The van der Waals surface area contributed by atoms with E-state index in [1.807, 2.05) is 48.5 Å². The third kappa shape index (κ3) is 2.81. The number of H-pyrrole nitrogens is 1. The molecule has 0 saturated carbocycles. The van der Waals surface area contributed by atoms with Gasteiger partial charge in [-0.25, -0.2) is 4.39 Å². The summed E-state index contributed by atoms with van der Waals surface area (Å²) < 4.78 is 13.3. The monoisotopic (exact) mass is 335 g/mol. The first-order valence-electron chi connectivity index (χ1n) is 7.81. The number of fused-ring (bicyclic) bond motifs is 1. The van der Waals surface area contributed by atoms with Crippen LogP contribution in [0.2, 0.25) is 5.02 Å². The Kier molecular flexibility index (Phi) is 3.83. The van der Waals surface area contributed by atoms with Crippen molar-refractivity contribution in [3.63, 3.8) is 0 Å². The average molecular weight is 336 g/mol. The molecule has 0 aliphatic heterocycles. The van der Waals surface area contributed by atoms with Gasteiger partial charge in [0.1, 0.15) is 5.82 Å². The minimum atomic E-state index is -0.228. The smallest absolute Gasteiger partial charge is 0.123 e. The highest BCUT2D eigenvalue weighted by Crippen LogP contribution is 2.32. The van der Waals surface area contributed by atoms with Gasteiger partial charge in [-0.3, -0.25) is 0 Å². The molecule has 24 heavy (non-hydrogen) atoms. The molecule has 3 aromatic carbocycles. The molecule has 0 fully saturated rings. The zero-order chi connectivity index (χ0) is 16.5. The number of hydrogen-bond donors (Lipinski definition) is 1. The van der Waals surface area contributed by atoms with Crippen LogP contribution in [-0.2, 0) is 6.42 Å².